The highest BCUT2D eigenvalue weighted by Crippen LogP contribution is 2.38. The smallest absolute Gasteiger partial charge is 0.254 e. The van der Waals surface area contributed by atoms with Gasteiger partial charge >= 0.3 is 0 Å². The molecule has 29 heavy (non-hydrogen) atoms. The predicted octanol–water partition coefficient (Wildman–Crippen LogP) is 4.65. The van der Waals surface area contributed by atoms with Crippen molar-refractivity contribution in [3.63, 3.8) is 0 Å². The standard InChI is InChI=1S/C24H25NO4/c1-25(16-17-10-12-19(13-11-17)18-8-6-5-7-9-18)24(26)20-14-21(27-2)23(29-4)22(15-20)28-3/h5-15H,16H2,1-4H3. The van der Waals surface area contributed by atoms with Gasteiger partial charge in [0, 0.05) is 19.2 Å². The van der Waals surface area contributed by atoms with Crippen LogP contribution in [0.15, 0.2) is 66.7 Å². The van der Waals surface area contributed by atoms with Gasteiger partial charge in [0.25, 0.3) is 5.91 Å². The second-order valence-electron chi connectivity index (χ2n) is 6.64. The van der Waals surface area contributed by atoms with E-state index in [4.69, 9.17) is 14.2 Å². The molecule has 0 aliphatic rings. The molecule has 150 valence electrons. The first-order valence-corrected chi connectivity index (χ1v) is 9.27. The molecule has 3 aromatic rings. The van der Waals surface area contributed by atoms with Crippen LogP contribution in [0.2, 0.25) is 0 Å². The van der Waals surface area contributed by atoms with Gasteiger partial charge < -0.3 is 19.1 Å². The van der Waals surface area contributed by atoms with Crippen LogP contribution in [0, 0.1) is 0 Å². The Morgan fingerprint density at radius 3 is 1.86 bits per heavy atom. The maximum Gasteiger partial charge on any atom is 0.254 e. The van der Waals surface area contributed by atoms with E-state index in [-0.39, 0.29) is 5.91 Å². The third-order valence-corrected chi connectivity index (χ3v) is 4.74. The zero-order valence-corrected chi connectivity index (χ0v) is 17.1. The second kappa shape index (κ2) is 9.15. The molecule has 0 spiro atoms. The molecule has 0 heterocycles. The zero-order chi connectivity index (χ0) is 20.8. The molecule has 0 saturated carbocycles. The summed E-state index contributed by atoms with van der Waals surface area (Å²) in [5.41, 5.74) is 3.84. The first-order valence-electron chi connectivity index (χ1n) is 9.27. The quantitative estimate of drug-likeness (QED) is 0.588. The molecule has 0 aliphatic carbocycles. The summed E-state index contributed by atoms with van der Waals surface area (Å²) < 4.78 is 16.0. The Morgan fingerprint density at radius 2 is 1.34 bits per heavy atom. The zero-order valence-electron chi connectivity index (χ0n) is 17.1. The summed E-state index contributed by atoms with van der Waals surface area (Å²) in [5.74, 6) is 1.24. The molecule has 0 atom stereocenters. The normalized spacial score (nSPS) is 10.3. The molecule has 3 rings (SSSR count). The second-order valence-corrected chi connectivity index (χ2v) is 6.64. The summed E-state index contributed by atoms with van der Waals surface area (Å²) in [7, 11) is 6.37. The molecule has 0 unspecified atom stereocenters. The Balaban J connectivity index is 1.77. The molecular formula is C24H25NO4. The van der Waals surface area contributed by atoms with Crippen LogP contribution in [-0.2, 0) is 6.54 Å². The van der Waals surface area contributed by atoms with Gasteiger partial charge in [-0.2, -0.15) is 0 Å². The van der Waals surface area contributed by atoms with E-state index < -0.39 is 0 Å². The van der Waals surface area contributed by atoms with E-state index >= 15 is 0 Å². The van der Waals surface area contributed by atoms with Gasteiger partial charge in [-0.15, -0.1) is 0 Å². The molecule has 0 radical (unpaired) electrons. The summed E-state index contributed by atoms with van der Waals surface area (Å²) in [5, 5.41) is 0. The van der Waals surface area contributed by atoms with E-state index in [0.717, 1.165) is 11.1 Å². The van der Waals surface area contributed by atoms with Crippen molar-refractivity contribution in [3.8, 4) is 28.4 Å². The fraction of sp³-hybridized carbons (Fsp3) is 0.208. The number of carbonyl (C=O) groups excluding carboxylic acids is 1. The highest BCUT2D eigenvalue weighted by Gasteiger charge is 2.19. The van der Waals surface area contributed by atoms with Gasteiger partial charge in [-0.25, -0.2) is 0 Å². The Labute approximate surface area is 171 Å². The number of hydrogen-bond donors (Lipinski definition) is 0. The topological polar surface area (TPSA) is 48.0 Å². The summed E-state index contributed by atoms with van der Waals surface area (Å²) in [6, 6.07) is 21.8. The van der Waals surface area contributed by atoms with Crippen molar-refractivity contribution >= 4 is 5.91 Å². The number of methoxy groups -OCH3 is 3. The summed E-state index contributed by atoms with van der Waals surface area (Å²) >= 11 is 0. The lowest BCUT2D eigenvalue weighted by Gasteiger charge is -2.19. The number of benzene rings is 3. The Kier molecular flexibility index (Phi) is 6.39. The third-order valence-electron chi connectivity index (χ3n) is 4.74. The molecule has 5 nitrogen and oxygen atoms in total. The van der Waals surface area contributed by atoms with E-state index in [0.29, 0.717) is 29.4 Å². The highest BCUT2D eigenvalue weighted by atomic mass is 16.5. The van der Waals surface area contributed by atoms with E-state index in [1.807, 2.05) is 30.3 Å². The average molecular weight is 391 g/mol. The molecule has 0 aromatic heterocycles. The molecule has 0 bridgehead atoms. The van der Waals surface area contributed by atoms with E-state index in [9.17, 15) is 4.79 Å². The van der Waals surface area contributed by atoms with E-state index in [1.54, 1.807) is 24.1 Å². The summed E-state index contributed by atoms with van der Waals surface area (Å²) in [6.07, 6.45) is 0. The number of rotatable bonds is 7. The Hall–Kier alpha value is -3.47. The van der Waals surface area contributed by atoms with Crippen molar-refractivity contribution in [2.24, 2.45) is 0 Å². The lowest BCUT2D eigenvalue weighted by Crippen LogP contribution is -2.26. The van der Waals surface area contributed by atoms with Crippen LogP contribution < -0.4 is 14.2 Å². The Morgan fingerprint density at radius 1 is 0.793 bits per heavy atom. The Bertz CT molecular complexity index is 943. The van der Waals surface area contributed by atoms with Crippen LogP contribution in [0.5, 0.6) is 17.2 Å². The maximum atomic E-state index is 12.9. The SMILES string of the molecule is COc1cc(C(=O)N(C)Cc2ccc(-c3ccccc3)cc2)cc(OC)c1OC. The van der Waals surface area contributed by atoms with Crippen LogP contribution >= 0.6 is 0 Å². The molecule has 0 N–H and O–H groups in total. The largest absolute Gasteiger partial charge is 0.493 e. The lowest BCUT2D eigenvalue weighted by molar-refractivity contribution is 0.0784. The van der Waals surface area contributed by atoms with Crippen LogP contribution in [0.3, 0.4) is 0 Å². The fourth-order valence-electron chi connectivity index (χ4n) is 3.20. The van der Waals surface area contributed by atoms with E-state index in [2.05, 4.69) is 24.3 Å². The highest BCUT2D eigenvalue weighted by molar-refractivity contribution is 5.95. The van der Waals surface area contributed by atoms with Crippen LogP contribution in [-0.4, -0.2) is 39.2 Å². The van der Waals surface area contributed by atoms with Crippen LogP contribution in [0.25, 0.3) is 11.1 Å². The molecule has 1 amide bonds. The van der Waals surface area contributed by atoms with Gasteiger partial charge in [0.2, 0.25) is 5.75 Å². The summed E-state index contributed by atoms with van der Waals surface area (Å²) in [4.78, 5) is 14.6. The van der Waals surface area contributed by atoms with Crippen molar-refractivity contribution in [3.05, 3.63) is 77.9 Å². The predicted molar refractivity (Wildman–Crippen MR) is 114 cm³/mol. The monoisotopic (exact) mass is 391 g/mol. The van der Waals surface area contributed by atoms with Crippen molar-refractivity contribution in [1.29, 1.82) is 0 Å². The van der Waals surface area contributed by atoms with E-state index in [1.165, 1.54) is 26.9 Å². The minimum absolute atomic E-state index is 0.128. The molecule has 0 fully saturated rings. The molecule has 5 heteroatoms. The minimum Gasteiger partial charge on any atom is -0.493 e. The van der Waals surface area contributed by atoms with Crippen LogP contribution in [0.1, 0.15) is 15.9 Å². The van der Waals surface area contributed by atoms with Gasteiger partial charge in [0.05, 0.1) is 21.3 Å². The third kappa shape index (κ3) is 4.51. The van der Waals surface area contributed by atoms with Crippen LogP contribution in [0.4, 0.5) is 0 Å². The van der Waals surface area contributed by atoms with Gasteiger partial charge in [-0.05, 0) is 28.8 Å². The van der Waals surface area contributed by atoms with Gasteiger partial charge in [-0.3, -0.25) is 4.79 Å². The van der Waals surface area contributed by atoms with Gasteiger partial charge in [-0.1, -0.05) is 54.6 Å². The van der Waals surface area contributed by atoms with Gasteiger partial charge in [0.1, 0.15) is 0 Å². The number of carbonyl (C=O) groups is 1. The number of ether oxygens (including phenoxy) is 3. The molecular weight excluding hydrogens is 366 g/mol. The first-order chi connectivity index (χ1) is 14.1. The van der Waals surface area contributed by atoms with Crippen molar-refractivity contribution < 1.29 is 19.0 Å². The molecule has 0 aliphatic heterocycles. The summed E-state index contributed by atoms with van der Waals surface area (Å²) in [6.45, 7) is 0.491. The fourth-order valence-corrected chi connectivity index (χ4v) is 3.20. The molecule has 0 saturated heterocycles. The lowest BCUT2D eigenvalue weighted by atomic mass is 10.0. The van der Waals surface area contributed by atoms with Gasteiger partial charge in [0.15, 0.2) is 11.5 Å². The molecule has 3 aromatic carbocycles. The van der Waals surface area contributed by atoms with Crippen molar-refractivity contribution in [1.82, 2.24) is 4.90 Å². The number of nitrogens with zero attached hydrogens (tertiary/aromatic N) is 1. The minimum atomic E-state index is -0.128. The average Bonchev–Trinajstić information content (AvgIpc) is 2.78. The first kappa shape index (κ1) is 20.3. The van der Waals surface area contributed by atoms with Crippen molar-refractivity contribution in [2.75, 3.05) is 28.4 Å². The maximum absolute atomic E-state index is 12.9. The number of amides is 1. The number of hydrogen-bond acceptors (Lipinski definition) is 4. The van der Waals surface area contributed by atoms with Crippen molar-refractivity contribution in [2.45, 2.75) is 6.54 Å².